The molecule has 0 saturated carbocycles. The molecule has 0 atom stereocenters. The Balaban J connectivity index is 3.44. The van der Waals surface area contributed by atoms with E-state index in [2.05, 4.69) is 0 Å². The first-order chi connectivity index (χ1) is 6.59. The summed E-state index contributed by atoms with van der Waals surface area (Å²) in [6, 6.07) is 3.21. The van der Waals surface area contributed by atoms with Gasteiger partial charge in [-0.2, -0.15) is 0 Å². The second-order valence-electron chi connectivity index (χ2n) is 3.25. The molecule has 0 amide bonds. The Kier molecular flexibility index (Phi) is 2.58. The van der Waals surface area contributed by atoms with Crippen molar-refractivity contribution < 1.29 is 33.8 Å². The van der Waals surface area contributed by atoms with Crippen LogP contribution in [-0.4, -0.2) is 4.43 Å². The van der Waals surface area contributed by atoms with Crippen LogP contribution in [0.3, 0.4) is 0 Å². The second kappa shape index (κ2) is 3.05. The molecule has 0 fully saturated rings. The molecule has 15 heavy (non-hydrogen) atoms. The molecule has 0 nitrogen and oxygen atoms in total. The molecule has 0 bridgehead atoms. The van der Waals surface area contributed by atoms with Gasteiger partial charge in [0.25, 0.3) is 0 Å². The summed E-state index contributed by atoms with van der Waals surface area (Å²) in [5.41, 5.74) is 0. The number of rotatable bonds is 3. The summed E-state index contributed by atoms with van der Waals surface area (Å²) in [5.74, 6) is -1.52. The molecule has 0 N–H and O–H groups in total. The van der Waals surface area contributed by atoms with Gasteiger partial charge in [-0.25, -0.2) is 0 Å². The van der Waals surface area contributed by atoms with Crippen LogP contribution in [-0.2, 0) is 0 Å². The van der Waals surface area contributed by atoms with Crippen LogP contribution in [0.5, 0.6) is 0 Å². The van der Waals surface area contributed by atoms with Crippen LogP contribution in [0.1, 0.15) is 13.3 Å². The van der Waals surface area contributed by atoms with Gasteiger partial charge in [0.1, 0.15) is 0 Å². The molecule has 0 spiro atoms. The fourth-order valence-electron chi connectivity index (χ4n) is 1.26. The van der Waals surface area contributed by atoms with E-state index in [1.54, 1.807) is 0 Å². The van der Waals surface area contributed by atoms with Gasteiger partial charge in [-0.15, -0.1) is 0 Å². The Morgan fingerprint density at radius 1 is 1.07 bits per heavy atom. The third kappa shape index (κ3) is 2.59. The molecule has 0 radical (unpaired) electrons. The number of benzene rings is 1. The van der Waals surface area contributed by atoms with Crippen molar-refractivity contribution in [2.45, 2.75) is 13.3 Å². The maximum absolute atomic E-state index is 13.4. The third-order valence-electron chi connectivity index (χ3n) is 1.85. The van der Waals surface area contributed by atoms with Crippen molar-refractivity contribution >= 4 is 0 Å². The molecule has 0 aliphatic carbocycles. The average molecular weight is 341 g/mol. The van der Waals surface area contributed by atoms with Crippen LogP contribution in [0.15, 0.2) is 24.3 Å². The summed E-state index contributed by atoms with van der Waals surface area (Å²) >= 11 is -9.22. The predicted molar refractivity (Wildman–Crippen MR) is 44.7 cm³/mol. The Labute approximate surface area is 85.4 Å². The minimum atomic E-state index is -9.22. The van der Waals surface area contributed by atoms with Crippen molar-refractivity contribution in [3.63, 3.8) is 0 Å². The van der Waals surface area contributed by atoms with Gasteiger partial charge in [0.2, 0.25) is 0 Å². The van der Waals surface area contributed by atoms with Crippen LogP contribution < -0.4 is 18.0 Å². The van der Waals surface area contributed by atoms with Gasteiger partial charge >= 0.3 is 85.2 Å². The fraction of sp³-hybridized carbons (Fsp3) is 0.333. The zero-order chi connectivity index (χ0) is 11.8. The summed E-state index contributed by atoms with van der Waals surface area (Å²) in [5, 5.41) is 0. The molecule has 0 heterocycles. The van der Waals surface area contributed by atoms with Gasteiger partial charge in [0.05, 0.1) is 0 Å². The summed E-state index contributed by atoms with van der Waals surface area (Å²) < 4.78 is 63.4. The maximum atomic E-state index is 13.4. The molecular formula is C9H11F5I+. The van der Waals surface area contributed by atoms with Gasteiger partial charge in [0, 0.05) is 0 Å². The van der Waals surface area contributed by atoms with Gasteiger partial charge in [-0.1, -0.05) is 0 Å². The number of hydrogen-bond donors (Lipinski definition) is 0. The van der Waals surface area contributed by atoms with Crippen molar-refractivity contribution in [3.8, 4) is 0 Å². The number of hydrogen-bond acceptors (Lipinski definition) is 0. The van der Waals surface area contributed by atoms with E-state index in [0.29, 0.717) is 12.1 Å². The van der Waals surface area contributed by atoms with E-state index in [0.717, 1.165) is 12.1 Å². The number of halogens is 6. The van der Waals surface area contributed by atoms with Crippen LogP contribution in [0.2, 0.25) is 0 Å². The molecule has 0 aliphatic heterocycles. The van der Waals surface area contributed by atoms with Crippen molar-refractivity contribution in [2.75, 3.05) is 4.43 Å². The molecule has 1 rings (SSSR count). The molecule has 0 aliphatic rings. The summed E-state index contributed by atoms with van der Waals surface area (Å²) in [4.78, 5) is 0. The van der Waals surface area contributed by atoms with Crippen LogP contribution >= 0.6 is 0 Å². The van der Waals surface area contributed by atoms with E-state index >= 15 is 0 Å². The molecule has 6 heteroatoms. The fourth-order valence-corrected chi connectivity index (χ4v) is 6.34. The molecular weight excluding hydrogens is 330 g/mol. The SMILES string of the molecule is CCC[I+](F)(F)(F)(F)c1ccccc1F. The molecule has 0 saturated heterocycles. The third-order valence-corrected chi connectivity index (χ3v) is 8.55. The molecule has 1 aromatic rings. The number of alkyl halides is 1. The molecule has 1 aromatic carbocycles. The normalized spacial score (nSPS) is 16.9. The van der Waals surface area contributed by atoms with Crippen molar-refractivity contribution in [1.29, 1.82) is 0 Å². The van der Waals surface area contributed by atoms with E-state index in [4.69, 9.17) is 0 Å². The first-order valence-corrected chi connectivity index (χ1v) is 10.1. The Morgan fingerprint density at radius 2 is 1.60 bits per heavy atom. The summed E-state index contributed by atoms with van der Waals surface area (Å²) in [7, 11) is 0. The van der Waals surface area contributed by atoms with Crippen molar-refractivity contribution in [1.82, 2.24) is 0 Å². The minimum absolute atomic E-state index is 0.378. The van der Waals surface area contributed by atoms with Gasteiger partial charge < -0.3 is 0 Å². The van der Waals surface area contributed by atoms with Gasteiger partial charge in [-0.3, -0.25) is 0 Å². The average Bonchev–Trinajstić information content (AvgIpc) is 2.01. The molecule has 88 valence electrons. The monoisotopic (exact) mass is 341 g/mol. The van der Waals surface area contributed by atoms with Crippen LogP contribution in [0.4, 0.5) is 15.8 Å². The zero-order valence-electron chi connectivity index (χ0n) is 7.99. The quantitative estimate of drug-likeness (QED) is 0.440. The first-order valence-electron chi connectivity index (χ1n) is 4.25. The van der Waals surface area contributed by atoms with E-state index in [9.17, 15) is 15.8 Å². The Hall–Kier alpha value is -0.400. The van der Waals surface area contributed by atoms with Crippen LogP contribution in [0.25, 0.3) is 0 Å². The van der Waals surface area contributed by atoms with Crippen LogP contribution in [0, 0.1) is 9.39 Å². The van der Waals surface area contributed by atoms with Crippen molar-refractivity contribution in [3.05, 3.63) is 33.7 Å². The van der Waals surface area contributed by atoms with E-state index in [1.165, 1.54) is 6.92 Å². The predicted octanol–water partition coefficient (Wildman–Crippen LogP) is 1.18. The summed E-state index contributed by atoms with van der Waals surface area (Å²) in [6.45, 7) is 1.22. The molecule has 0 unspecified atom stereocenters. The van der Waals surface area contributed by atoms with E-state index < -0.39 is 31.8 Å². The van der Waals surface area contributed by atoms with E-state index in [-0.39, 0.29) is 6.42 Å². The Bertz CT molecular complexity index is 380. The zero-order valence-corrected chi connectivity index (χ0v) is 10.1. The first kappa shape index (κ1) is 12.7. The second-order valence-corrected chi connectivity index (χ2v) is 12.0. The van der Waals surface area contributed by atoms with Gasteiger partial charge in [0.15, 0.2) is 0 Å². The Morgan fingerprint density at radius 3 is 2.07 bits per heavy atom. The topological polar surface area (TPSA) is 0 Å². The standard InChI is InChI=1S/C9H11F5I/c1-2-7-15(11,12,13,14)9-6-4-3-5-8(9)10/h3-6H,2,7H2,1H3/q+1. The van der Waals surface area contributed by atoms with Gasteiger partial charge in [-0.05, 0) is 0 Å². The molecule has 0 aromatic heterocycles. The summed E-state index contributed by atoms with van der Waals surface area (Å²) in [6.07, 6.45) is -0.378. The van der Waals surface area contributed by atoms with Crippen molar-refractivity contribution in [2.24, 2.45) is 0 Å². The van der Waals surface area contributed by atoms with E-state index in [1.807, 2.05) is 0 Å².